The van der Waals surface area contributed by atoms with Gasteiger partial charge in [0.25, 0.3) is 0 Å². The molecule has 2 heteroatoms. The number of hydrogen-bond donors (Lipinski definition) is 0. The van der Waals surface area contributed by atoms with Gasteiger partial charge in [0.1, 0.15) is 0 Å². The maximum absolute atomic E-state index is 4.22. The molecule has 0 atom stereocenters. The van der Waals surface area contributed by atoms with Gasteiger partial charge in [-0.2, -0.15) is 0 Å². The first-order valence-electron chi connectivity index (χ1n) is 9.04. The highest BCUT2D eigenvalue weighted by Gasteiger charge is 2.05. The molecule has 0 N–H and O–H groups in total. The van der Waals surface area contributed by atoms with Gasteiger partial charge in [0.2, 0.25) is 0 Å². The van der Waals surface area contributed by atoms with E-state index in [1.54, 1.807) is 0 Å². The monoisotopic (exact) mass is 304 g/mol. The minimum atomic E-state index is 1.04. The van der Waals surface area contributed by atoms with E-state index in [0.717, 1.165) is 11.4 Å². The molecular weight excluding hydrogens is 268 g/mol. The molecule has 0 radical (unpaired) electrons. The summed E-state index contributed by atoms with van der Waals surface area (Å²) < 4.78 is 2.03. The van der Waals surface area contributed by atoms with Crippen molar-refractivity contribution in [3.8, 4) is 0 Å². The molecule has 1 aromatic heterocycles. The summed E-state index contributed by atoms with van der Waals surface area (Å²) in [5.74, 6) is 1.04. The quantitative estimate of drug-likeness (QED) is 0.541. The fourth-order valence-corrected chi connectivity index (χ4v) is 2.54. The van der Waals surface area contributed by atoms with Crippen molar-refractivity contribution < 1.29 is 0 Å². The average molecular weight is 305 g/mol. The third-order valence-electron chi connectivity index (χ3n) is 3.77. The van der Waals surface area contributed by atoms with Crippen LogP contribution in [0.3, 0.4) is 0 Å². The molecule has 0 saturated heterocycles. The average Bonchev–Trinajstić information content (AvgIpc) is 2.93. The summed E-state index contributed by atoms with van der Waals surface area (Å²) in [7, 11) is 2.01. The first-order valence-corrected chi connectivity index (χ1v) is 9.04. The van der Waals surface area contributed by atoms with Crippen LogP contribution < -0.4 is 0 Å². The van der Waals surface area contributed by atoms with E-state index in [9.17, 15) is 0 Å². The van der Waals surface area contributed by atoms with Gasteiger partial charge in [-0.15, -0.1) is 0 Å². The van der Waals surface area contributed by atoms with Crippen molar-refractivity contribution in [2.24, 2.45) is 13.0 Å². The fraction of sp³-hybridized carbons (Fsp3) is 0.650. The van der Waals surface area contributed by atoms with E-state index in [2.05, 4.69) is 31.0 Å². The number of aromatic nitrogens is 2. The number of benzene rings is 1. The highest BCUT2D eigenvalue weighted by atomic mass is 15.0. The fourth-order valence-electron chi connectivity index (χ4n) is 2.54. The predicted molar refractivity (Wildman–Crippen MR) is 100 cm³/mol. The Morgan fingerprint density at radius 3 is 2.09 bits per heavy atom. The Morgan fingerprint density at radius 2 is 1.59 bits per heavy atom. The largest absolute Gasteiger partial charge is 0.334 e. The van der Waals surface area contributed by atoms with E-state index in [1.807, 2.05) is 51.7 Å². The van der Waals surface area contributed by atoms with Crippen LogP contribution in [0.15, 0.2) is 24.5 Å². The van der Waals surface area contributed by atoms with Crippen LogP contribution in [-0.2, 0) is 7.05 Å². The van der Waals surface area contributed by atoms with E-state index >= 15 is 0 Å². The second-order valence-corrected chi connectivity index (χ2v) is 5.59. The molecule has 0 bridgehead atoms. The normalized spacial score (nSPS) is 14.0. The number of fused-ring (bicyclic) bond motifs is 1. The molecule has 1 saturated carbocycles. The second kappa shape index (κ2) is 12.3. The van der Waals surface area contributed by atoms with Crippen LogP contribution >= 0.6 is 0 Å². The van der Waals surface area contributed by atoms with Crippen molar-refractivity contribution in [2.45, 2.75) is 73.6 Å². The van der Waals surface area contributed by atoms with Crippen molar-refractivity contribution >= 4 is 11.0 Å². The van der Waals surface area contributed by atoms with Crippen molar-refractivity contribution in [3.63, 3.8) is 0 Å². The standard InChI is InChI=1S/C9H10N2.C7H14.2C2H6/c1-7-3-4-8-9(5-7)11(2)6-10-8;1-7-5-3-2-4-6-7;2*1-2/h3-6H,1-2H3;7H,2-6H2,1H3;2*1-2H3. The molecule has 2 aromatic rings. The lowest BCUT2D eigenvalue weighted by Gasteiger charge is -2.15. The van der Waals surface area contributed by atoms with Gasteiger partial charge in [0.05, 0.1) is 17.4 Å². The van der Waals surface area contributed by atoms with Gasteiger partial charge in [-0.1, -0.05) is 72.8 Å². The number of nitrogens with zero attached hydrogens (tertiary/aromatic N) is 2. The Hall–Kier alpha value is -1.31. The smallest absolute Gasteiger partial charge is 0.0955 e. The number of aryl methyl sites for hydroxylation is 2. The summed E-state index contributed by atoms with van der Waals surface area (Å²) in [4.78, 5) is 4.22. The summed E-state index contributed by atoms with van der Waals surface area (Å²) in [5, 5.41) is 0. The molecule has 3 rings (SSSR count). The molecule has 0 amide bonds. The lowest BCUT2D eigenvalue weighted by atomic mass is 9.91. The maximum Gasteiger partial charge on any atom is 0.0955 e. The Bertz CT molecular complexity index is 493. The molecule has 1 aromatic carbocycles. The summed E-state index contributed by atoms with van der Waals surface area (Å²) in [6, 6.07) is 6.27. The van der Waals surface area contributed by atoms with Crippen molar-refractivity contribution in [3.05, 3.63) is 30.1 Å². The lowest BCUT2D eigenvalue weighted by Crippen LogP contribution is -1.99. The highest BCUT2D eigenvalue weighted by Crippen LogP contribution is 2.22. The Labute approximate surface area is 138 Å². The highest BCUT2D eigenvalue weighted by molar-refractivity contribution is 5.75. The predicted octanol–water partition coefficient (Wildman–Crippen LogP) is 6.52. The van der Waals surface area contributed by atoms with Crippen LogP contribution in [0.1, 0.15) is 72.3 Å². The molecule has 0 aliphatic heterocycles. The van der Waals surface area contributed by atoms with Crippen LogP contribution in [-0.4, -0.2) is 9.55 Å². The third kappa shape index (κ3) is 7.11. The SMILES string of the molecule is CC.CC.CC1CCCCC1.Cc1ccc2ncn(C)c2c1. The molecule has 1 aliphatic rings. The van der Waals surface area contributed by atoms with Crippen LogP contribution in [0.25, 0.3) is 11.0 Å². The molecule has 1 fully saturated rings. The van der Waals surface area contributed by atoms with Crippen LogP contribution in [0, 0.1) is 12.8 Å². The Morgan fingerprint density at radius 1 is 1.00 bits per heavy atom. The first kappa shape index (κ1) is 20.7. The zero-order chi connectivity index (χ0) is 17.0. The number of hydrogen-bond acceptors (Lipinski definition) is 1. The van der Waals surface area contributed by atoms with Crippen molar-refractivity contribution in [1.82, 2.24) is 9.55 Å². The maximum atomic E-state index is 4.22. The van der Waals surface area contributed by atoms with Gasteiger partial charge in [-0.05, 0) is 30.5 Å². The van der Waals surface area contributed by atoms with Crippen molar-refractivity contribution in [1.29, 1.82) is 0 Å². The lowest BCUT2D eigenvalue weighted by molar-refractivity contribution is 0.385. The van der Waals surface area contributed by atoms with Crippen LogP contribution in [0.2, 0.25) is 0 Å². The summed E-state index contributed by atoms with van der Waals surface area (Å²) in [6.07, 6.45) is 9.27. The second-order valence-electron chi connectivity index (χ2n) is 5.59. The molecule has 1 heterocycles. The van der Waals surface area contributed by atoms with E-state index < -0.39 is 0 Å². The van der Waals surface area contributed by atoms with Crippen LogP contribution in [0.5, 0.6) is 0 Å². The van der Waals surface area contributed by atoms with Gasteiger partial charge >= 0.3 is 0 Å². The van der Waals surface area contributed by atoms with Gasteiger partial charge in [-0.3, -0.25) is 0 Å². The minimum absolute atomic E-state index is 1.04. The zero-order valence-electron chi connectivity index (χ0n) is 15.8. The molecule has 0 spiro atoms. The zero-order valence-corrected chi connectivity index (χ0v) is 15.8. The number of rotatable bonds is 0. The topological polar surface area (TPSA) is 17.8 Å². The summed E-state index contributed by atoms with van der Waals surface area (Å²) in [5.41, 5.74) is 3.55. The van der Waals surface area contributed by atoms with Crippen molar-refractivity contribution in [2.75, 3.05) is 0 Å². The Kier molecular flexibility index (Phi) is 11.5. The molecular formula is C20H36N2. The first-order chi connectivity index (χ1) is 10.7. The molecule has 22 heavy (non-hydrogen) atoms. The molecule has 126 valence electrons. The van der Waals surface area contributed by atoms with E-state index in [0.29, 0.717) is 0 Å². The Balaban J connectivity index is 0.000000348. The van der Waals surface area contributed by atoms with Gasteiger partial charge < -0.3 is 4.57 Å². The van der Waals surface area contributed by atoms with Gasteiger partial charge in [0.15, 0.2) is 0 Å². The van der Waals surface area contributed by atoms with E-state index in [4.69, 9.17) is 0 Å². The molecule has 0 unspecified atom stereocenters. The minimum Gasteiger partial charge on any atom is -0.334 e. The summed E-state index contributed by atoms with van der Waals surface area (Å²) in [6.45, 7) is 12.4. The van der Waals surface area contributed by atoms with E-state index in [-0.39, 0.29) is 0 Å². The third-order valence-corrected chi connectivity index (χ3v) is 3.77. The van der Waals surface area contributed by atoms with Crippen LogP contribution in [0.4, 0.5) is 0 Å². The van der Waals surface area contributed by atoms with Gasteiger partial charge in [-0.25, -0.2) is 4.98 Å². The van der Waals surface area contributed by atoms with Gasteiger partial charge in [0, 0.05) is 7.05 Å². The van der Waals surface area contributed by atoms with E-state index in [1.165, 1.54) is 43.2 Å². The molecule has 1 aliphatic carbocycles. The number of imidazole rings is 1. The summed E-state index contributed by atoms with van der Waals surface area (Å²) >= 11 is 0. The molecule has 2 nitrogen and oxygen atoms in total.